The number of hydrogen-bond donors (Lipinski definition) is 1. The number of H-pyrrole nitrogens is 1. The second kappa shape index (κ2) is 3.45. The maximum Gasteiger partial charge on any atom is 0.138 e. The molecule has 1 N–H and O–H groups in total. The highest BCUT2D eigenvalue weighted by Gasteiger charge is 2.03. The molecule has 3 nitrogen and oxygen atoms in total. The van der Waals surface area contributed by atoms with Crippen LogP contribution in [0.2, 0.25) is 0 Å². The van der Waals surface area contributed by atoms with E-state index < -0.39 is 0 Å². The van der Waals surface area contributed by atoms with Crippen molar-refractivity contribution in [3.63, 3.8) is 0 Å². The Kier molecular flexibility index (Phi) is 1.96. The molecule has 0 atom stereocenters. The third-order valence-corrected chi connectivity index (χ3v) is 2.61. The Labute approximate surface area is 93.2 Å². The van der Waals surface area contributed by atoms with Gasteiger partial charge in [-0.05, 0) is 13.0 Å². The maximum absolute atomic E-state index is 4.52. The van der Waals surface area contributed by atoms with Crippen LogP contribution in [0.25, 0.3) is 22.4 Å². The van der Waals surface area contributed by atoms with Crippen molar-refractivity contribution < 1.29 is 0 Å². The van der Waals surface area contributed by atoms with Crippen LogP contribution in [0.1, 0.15) is 5.56 Å². The van der Waals surface area contributed by atoms with E-state index in [1.54, 1.807) is 12.4 Å². The molecule has 1 aromatic carbocycles. The molecule has 3 heteroatoms. The lowest BCUT2D eigenvalue weighted by Crippen LogP contribution is -1.80. The van der Waals surface area contributed by atoms with Crippen LogP contribution in [-0.2, 0) is 0 Å². The van der Waals surface area contributed by atoms with Crippen molar-refractivity contribution in [2.24, 2.45) is 0 Å². The molecule has 2 aromatic heterocycles. The molecule has 3 rings (SSSR count). The van der Waals surface area contributed by atoms with Crippen molar-refractivity contribution in [3.8, 4) is 11.4 Å². The topological polar surface area (TPSA) is 41.6 Å². The molecule has 0 spiro atoms. The Morgan fingerprint density at radius 1 is 1.06 bits per heavy atom. The normalized spacial score (nSPS) is 10.8. The van der Waals surface area contributed by atoms with Gasteiger partial charge in [-0.2, -0.15) is 0 Å². The number of nitrogens with one attached hydrogen (secondary N) is 1. The quantitative estimate of drug-likeness (QED) is 0.669. The molecule has 3 aromatic rings. The number of rotatable bonds is 1. The van der Waals surface area contributed by atoms with Gasteiger partial charge in [0, 0.05) is 11.8 Å². The van der Waals surface area contributed by atoms with Gasteiger partial charge in [-0.25, -0.2) is 4.98 Å². The first kappa shape index (κ1) is 9.09. The number of benzene rings is 1. The summed E-state index contributed by atoms with van der Waals surface area (Å²) < 4.78 is 0. The zero-order valence-corrected chi connectivity index (χ0v) is 8.94. The molecule has 0 saturated carbocycles. The summed E-state index contributed by atoms with van der Waals surface area (Å²) in [6, 6.07) is 10.2. The zero-order chi connectivity index (χ0) is 11.0. The van der Waals surface area contributed by atoms with Crippen LogP contribution in [0, 0.1) is 6.92 Å². The van der Waals surface area contributed by atoms with Gasteiger partial charge in [-0.1, -0.05) is 29.8 Å². The lowest BCUT2D eigenvalue weighted by Gasteiger charge is -1.96. The second-order valence-corrected chi connectivity index (χ2v) is 3.84. The highest BCUT2D eigenvalue weighted by atomic mass is 14.9. The lowest BCUT2D eigenvalue weighted by atomic mass is 10.1. The molecule has 0 saturated heterocycles. The molecule has 2 heterocycles. The predicted octanol–water partition coefficient (Wildman–Crippen LogP) is 2.93. The Bertz CT molecular complexity index is 590. The fourth-order valence-electron chi connectivity index (χ4n) is 1.71. The van der Waals surface area contributed by atoms with E-state index in [4.69, 9.17) is 0 Å². The molecule has 16 heavy (non-hydrogen) atoms. The van der Waals surface area contributed by atoms with Crippen LogP contribution in [0.5, 0.6) is 0 Å². The van der Waals surface area contributed by atoms with E-state index in [1.807, 2.05) is 6.07 Å². The van der Waals surface area contributed by atoms with E-state index in [-0.39, 0.29) is 0 Å². The molecule has 0 aliphatic carbocycles. The molecule has 0 radical (unpaired) electrons. The van der Waals surface area contributed by atoms with Crippen molar-refractivity contribution in [1.82, 2.24) is 15.0 Å². The van der Waals surface area contributed by atoms with E-state index in [0.29, 0.717) is 0 Å². The molecular weight excluding hydrogens is 198 g/mol. The highest BCUT2D eigenvalue weighted by Crippen LogP contribution is 2.19. The SMILES string of the molecule is Cc1ccc(-c2nc3ccncc3[nH]2)cc1. The van der Waals surface area contributed by atoms with Crippen molar-refractivity contribution in [1.29, 1.82) is 0 Å². The number of nitrogens with zero attached hydrogens (tertiary/aromatic N) is 2. The van der Waals surface area contributed by atoms with Crippen molar-refractivity contribution in [2.75, 3.05) is 0 Å². The maximum atomic E-state index is 4.52. The first-order valence-corrected chi connectivity index (χ1v) is 5.20. The van der Waals surface area contributed by atoms with Crippen LogP contribution in [0.15, 0.2) is 42.7 Å². The van der Waals surface area contributed by atoms with Gasteiger partial charge in [0.1, 0.15) is 5.82 Å². The monoisotopic (exact) mass is 209 g/mol. The van der Waals surface area contributed by atoms with Gasteiger partial charge in [0.2, 0.25) is 0 Å². The molecule has 78 valence electrons. The highest BCUT2D eigenvalue weighted by molar-refractivity contribution is 5.78. The summed E-state index contributed by atoms with van der Waals surface area (Å²) in [4.78, 5) is 11.8. The molecule has 0 unspecified atom stereocenters. The van der Waals surface area contributed by atoms with Crippen LogP contribution in [0.4, 0.5) is 0 Å². The third-order valence-electron chi connectivity index (χ3n) is 2.61. The summed E-state index contributed by atoms with van der Waals surface area (Å²) in [6.07, 6.45) is 3.54. The Balaban J connectivity index is 2.15. The fourth-order valence-corrected chi connectivity index (χ4v) is 1.71. The van der Waals surface area contributed by atoms with Crippen molar-refractivity contribution in [2.45, 2.75) is 6.92 Å². The lowest BCUT2D eigenvalue weighted by molar-refractivity contribution is 1.32. The largest absolute Gasteiger partial charge is 0.337 e. The van der Waals surface area contributed by atoms with E-state index in [1.165, 1.54) is 5.56 Å². The minimum Gasteiger partial charge on any atom is -0.337 e. The molecule has 0 fully saturated rings. The zero-order valence-electron chi connectivity index (χ0n) is 8.94. The number of pyridine rings is 1. The van der Waals surface area contributed by atoms with Gasteiger partial charge in [0.05, 0.1) is 17.2 Å². The molecule has 0 amide bonds. The Morgan fingerprint density at radius 3 is 2.62 bits per heavy atom. The van der Waals surface area contributed by atoms with E-state index >= 15 is 0 Å². The molecule has 0 aliphatic rings. The number of aromatic amines is 1. The molecule has 0 bridgehead atoms. The predicted molar refractivity (Wildman–Crippen MR) is 64.1 cm³/mol. The number of aryl methyl sites for hydroxylation is 1. The van der Waals surface area contributed by atoms with E-state index in [0.717, 1.165) is 22.4 Å². The second-order valence-electron chi connectivity index (χ2n) is 3.84. The van der Waals surface area contributed by atoms with Crippen molar-refractivity contribution in [3.05, 3.63) is 48.3 Å². The first-order valence-electron chi connectivity index (χ1n) is 5.20. The third kappa shape index (κ3) is 1.46. The molecular formula is C13H11N3. The summed E-state index contributed by atoms with van der Waals surface area (Å²) in [5.74, 6) is 0.892. The van der Waals surface area contributed by atoms with E-state index in [2.05, 4.69) is 46.1 Å². The Morgan fingerprint density at radius 2 is 1.88 bits per heavy atom. The van der Waals surface area contributed by atoms with Gasteiger partial charge in [-0.15, -0.1) is 0 Å². The van der Waals surface area contributed by atoms with Crippen LogP contribution >= 0.6 is 0 Å². The van der Waals surface area contributed by atoms with Crippen LogP contribution in [0.3, 0.4) is 0 Å². The van der Waals surface area contributed by atoms with Crippen LogP contribution < -0.4 is 0 Å². The van der Waals surface area contributed by atoms with Gasteiger partial charge in [0.25, 0.3) is 0 Å². The summed E-state index contributed by atoms with van der Waals surface area (Å²) in [5, 5.41) is 0. The fraction of sp³-hybridized carbons (Fsp3) is 0.0769. The number of fused-ring (bicyclic) bond motifs is 1. The average Bonchev–Trinajstić information content (AvgIpc) is 2.73. The summed E-state index contributed by atoms with van der Waals surface area (Å²) >= 11 is 0. The van der Waals surface area contributed by atoms with Gasteiger partial charge < -0.3 is 4.98 Å². The number of aromatic nitrogens is 3. The number of hydrogen-bond acceptors (Lipinski definition) is 2. The standard InChI is InChI=1S/C13H11N3/c1-9-2-4-10(5-3-9)13-15-11-6-7-14-8-12(11)16-13/h2-8H,1H3,(H,15,16). The minimum atomic E-state index is 0.892. The van der Waals surface area contributed by atoms with Gasteiger partial charge in [-0.3, -0.25) is 4.98 Å². The average molecular weight is 209 g/mol. The van der Waals surface area contributed by atoms with Gasteiger partial charge >= 0.3 is 0 Å². The smallest absolute Gasteiger partial charge is 0.138 e. The summed E-state index contributed by atoms with van der Waals surface area (Å²) in [6.45, 7) is 2.08. The van der Waals surface area contributed by atoms with Crippen molar-refractivity contribution >= 4 is 11.0 Å². The minimum absolute atomic E-state index is 0.892. The number of imidazole rings is 1. The summed E-state index contributed by atoms with van der Waals surface area (Å²) in [7, 11) is 0. The molecule has 0 aliphatic heterocycles. The van der Waals surface area contributed by atoms with E-state index in [9.17, 15) is 0 Å². The first-order chi connectivity index (χ1) is 7.83. The van der Waals surface area contributed by atoms with Gasteiger partial charge in [0.15, 0.2) is 0 Å². The van der Waals surface area contributed by atoms with Crippen LogP contribution in [-0.4, -0.2) is 15.0 Å². The summed E-state index contributed by atoms with van der Waals surface area (Å²) in [5.41, 5.74) is 4.27. The Hall–Kier alpha value is -2.16.